The normalized spacial score (nSPS) is 19.5. The minimum absolute atomic E-state index is 0.0486. The SMILES string of the molecule is O=C(c1ccc(Cn2cc(Br)cn2)cc1)N1NC(=C(F)F)CC1(O)C(F)F. The van der Waals surface area contributed by atoms with Gasteiger partial charge in [0.2, 0.25) is 5.72 Å². The Balaban J connectivity index is 1.81. The van der Waals surface area contributed by atoms with Crippen molar-refractivity contribution in [3.8, 4) is 0 Å². The Kier molecular flexibility index (Phi) is 5.24. The van der Waals surface area contributed by atoms with Gasteiger partial charge in [0.1, 0.15) is 5.70 Å². The van der Waals surface area contributed by atoms with E-state index >= 15 is 0 Å². The number of rotatable bonds is 4. The number of carbonyl (C=O) groups excluding carboxylic acids is 1. The van der Waals surface area contributed by atoms with Crippen molar-refractivity contribution in [2.75, 3.05) is 0 Å². The molecule has 2 aromatic rings. The van der Waals surface area contributed by atoms with Crippen molar-refractivity contribution in [1.82, 2.24) is 20.2 Å². The van der Waals surface area contributed by atoms with Crippen molar-refractivity contribution in [3.63, 3.8) is 0 Å². The van der Waals surface area contributed by atoms with Gasteiger partial charge in [-0.2, -0.15) is 13.9 Å². The Bertz CT molecular complexity index is 883. The Hall–Kier alpha value is -2.40. The molecule has 1 unspecified atom stereocenters. The van der Waals surface area contributed by atoms with E-state index in [9.17, 15) is 27.5 Å². The number of alkyl halides is 2. The van der Waals surface area contributed by atoms with E-state index in [-0.39, 0.29) is 10.6 Å². The van der Waals surface area contributed by atoms with Crippen LogP contribution in [0.15, 0.2) is 52.9 Å². The number of benzene rings is 1. The zero-order valence-electron chi connectivity index (χ0n) is 13.5. The zero-order chi connectivity index (χ0) is 19.8. The fourth-order valence-corrected chi connectivity index (χ4v) is 2.94. The highest BCUT2D eigenvalue weighted by molar-refractivity contribution is 9.10. The van der Waals surface area contributed by atoms with Gasteiger partial charge < -0.3 is 5.11 Å². The smallest absolute Gasteiger partial charge is 0.291 e. The predicted octanol–water partition coefficient (Wildman–Crippen LogP) is 3.11. The van der Waals surface area contributed by atoms with Crippen LogP contribution in [0.1, 0.15) is 22.3 Å². The predicted molar refractivity (Wildman–Crippen MR) is 89.6 cm³/mol. The monoisotopic (exact) mass is 448 g/mol. The first-order valence-corrected chi connectivity index (χ1v) is 8.43. The van der Waals surface area contributed by atoms with Gasteiger partial charge in [-0.25, -0.2) is 13.8 Å². The molecular weight excluding hydrogens is 436 g/mol. The van der Waals surface area contributed by atoms with E-state index in [1.54, 1.807) is 29.2 Å². The second-order valence-electron chi connectivity index (χ2n) is 5.90. The number of nitrogens with one attached hydrogen (secondary N) is 1. The summed E-state index contributed by atoms with van der Waals surface area (Å²) in [5.41, 5.74) is -1.38. The maximum absolute atomic E-state index is 13.2. The van der Waals surface area contributed by atoms with Crippen LogP contribution in [0.4, 0.5) is 17.6 Å². The van der Waals surface area contributed by atoms with Gasteiger partial charge in [-0.3, -0.25) is 14.9 Å². The standard InChI is InChI=1S/C16H13BrF4N4O2/c17-11-6-22-24(8-11)7-9-1-3-10(4-2-9)14(26)25-16(27,15(20)21)5-12(23-25)13(18)19/h1-4,6,8,15,23,27H,5,7H2. The second-order valence-corrected chi connectivity index (χ2v) is 6.82. The topological polar surface area (TPSA) is 70.4 Å². The quantitative estimate of drug-likeness (QED) is 0.705. The van der Waals surface area contributed by atoms with Crippen LogP contribution in [0.2, 0.25) is 0 Å². The third-order valence-electron chi connectivity index (χ3n) is 4.00. The fraction of sp³-hybridized carbons (Fsp3) is 0.250. The molecule has 1 aliphatic heterocycles. The molecule has 2 N–H and O–H groups in total. The van der Waals surface area contributed by atoms with E-state index < -0.39 is 36.3 Å². The summed E-state index contributed by atoms with van der Waals surface area (Å²) in [7, 11) is 0. The maximum atomic E-state index is 13.2. The highest BCUT2D eigenvalue weighted by Crippen LogP contribution is 2.35. The molecule has 27 heavy (non-hydrogen) atoms. The average Bonchev–Trinajstić information content (AvgIpc) is 3.19. The van der Waals surface area contributed by atoms with Crippen molar-refractivity contribution in [2.24, 2.45) is 0 Å². The number of aliphatic hydroxyl groups is 1. The van der Waals surface area contributed by atoms with Crippen molar-refractivity contribution in [1.29, 1.82) is 0 Å². The molecule has 1 atom stereocenters. The first-order chi connectivity index (χ1) is 12.7. The van der Waals surface area contributed by atoms with E-state index in [2.05, 4.69) is 21.0 Å². The number of hydrazine groups is 1. The third-order valence-corrected chi connectivity index (χ3v) is 4.41. The van der Waals surface area contributed by atoms with Gasteiger partial charge in [0.25, 0.3) is 18.4 Å². The third kappa shape index (κ3) is 3.83. The van der Waals surface area contributed by atoms with Gasteiger partial charge in [0, 0.05) is 11.8 Å². The molecule has 1 amide bonds. The fourth-order valence-electron chi connectivity index (χ4n) is 2.61. The van der Waals surface area contributed by atoms with E-state index in [0.29, 0.717) is 6.54 Å². The Labute approximate surface area is 159 Å². The Morgan fingerprint density at radius 1 is 1.33 bits per heavy atom. The Morgan fingerprint density at radius 3 is 2.52 bits per heavy atom. The average molecular weight is 449 g/mol. The van der Waals surface area contributed by atoms with Gasteiger partial charge in [-0.1, -0.05) is 12.1 Å². The van der Waals surface area contributed by atoms with Crippen molar-refractivity contribution < 1.29 is 27.5 Å². The van der Waals surface area contributed by atoms with E-state index in [1.807, 2.05) is 5.43 Å². The summed E-state index contributed by atoms with van der Waals surface area (Å²) in [5, 5.41) is 14.3. The number of aromatic nitrogens is 2. The number of amides is 1. The van der Waals surface area contributed by atoms with E-state index in [0.717, 1.165) is 10.0 Å². The summed E-state index contributed by atoms with van der Waals surface area (Å²) < 4.78 is 54.4. The van der Waals surface area contributed by atoms with E-state index in [4.69, 9.17) is 0 Å². The van der Waals surface area contributed by atoms with Crippen molar-refractivity contribution in [3.05, 3.63) is 64.0 Å². The summed E-state index contributed by atoms with van der Waals surface area (Å²) in [6.07, 6.45) is -3.45. The summed E-state index contributed by atoms with van der Waals surface area (Å²) >= 11 is 3.27. The first-order valence-electron chi connectivity index (χ1n) is 7.63. The van der Waals surface area contributed by atoms with Crippen LogP contribution in [-0.2, 0) is 6.54 Å². The first kappa shape index (κ1) is 19.4. The lowest BCUT2D eigenvalue weighted by Gasteiger charge is -2.31. The lowest BCUT2D eigenvalue weighted by molar-refractivity contribution is -0.168. The second kappa shape index (κ2) is 7.31. The molecule has 2 heterocycles. The van der Waals surface area contributed by atoms with Crippen LogP contribution < -0.4 is 5.43 Å². The lowest BCUT2D eigenvalue weighted by atomic mass is 10.1. The molecule has 1 aromatic carbocycles. The summed E-state index contributed by atoms with van der Waals surface area (Å²) in [4.78, 5) is 12.5. The molecule has 1 fully saturated rings. The highest BCUT2D eigenvalue weighted by atomic mass is 79.9. The van der Waals surface area contributed by atoms with Crippen LogP contribution in [0.25, 0.3) is 0 Å². The van der Waals surface area contributed by atoms with Gasteiger partial charge in [-0.05, 0) is 33.6 Å². The lowest BCUT2D eigenvalue weighted by Crippen LogP contribution is -2.55. The van der Waals surface area contributed by atoms with Crippen LogP contribution in [0.5, 0.6) is 0 Å². The van der Waals surface area contributed by atoms with Crippen LogP contribution in [0.3, 0.4) is 0 Å². The van der Waals surface area contributed by atoms with Gasteiger partial charge in [-0.15, -0.1) is 0 Å². The molecule has 0 saturated carbocycles. The molecule has 144 valence electrons. The zero-order valence-corrected chi connectivity index (χ0v) is 15.1. The van der Waals surface area contributed by atoms with Crippen LogP contribution in [-0.4, -0.2) is 38.0 Å². The molecule has 0 bridgehead atoms. The minimum Gasteiger partial charge on any atom is -0.364 e. The summed E-state index contributed by atoms with van der Waals surface area (Å²) in [5.74, 6) is -1.05. The molecule has 0 radical (unpaired) electrons. The molecule has 0 aliphatic carbocycles. The maximum Gasteiger partial charge on any atom is 0.291 e. The molecule has 1 aliphatic rings. The molecule has 0 spiro atoms. The summed E-state index contributed by atoms with van der Waals surface area (Å²) in [6, 6.07) is 5.87. The van der Waals surface area contributed by atoms with Crippen LogP contribution in [0, 0.1) is 0 Å². The largest absolute Gasteiger partial charge is 0.364 e. The molecule has 11 heteroatoms. The van der Waals surface area contributed by atoms with Crippen molar-refractivity contribution >= 4 is 21.8 Å². The minimum atomic E-state index is -3.44. The molecule has 1 aromatic heterocycles. The van der Waals surface area contributed by atoms with Gasteiger partial charge in [0.05, 0.1) is 23.6 Å². The van der Waals surface area contributed by atoms with Gasteiger partial charge in [0.15, 0.2) is 0 Å². The van der Waals surface area contributed by atoms with E-state index in [1.165, 1.54) is 12.1 Å². The molecule has 3 rings (SSSR count). The number of halogens is 5. The number of hydrogen-bond donors (Lipinski definition) is 2. The van der Waals surface area contributed by atoms with Crippen molar-refractivity contribution in [2.45, 2.75) is 25.1 Å². The number of hydrogen-bond acceptors (Lipinski definition) is 4. The molecule has 1 saturated heterocycles. The molecule has 6 nitrogen and oxygen atoms in total. The highest BCUT2D eigenvalue weighted by Gasteiger charge is 2.53. The number of nitrogens with zero attached hydrogens (tertiary/aromatic N) is 3. The van der Waals surface area contributed by atoms with Crippen LogP contribution >= 0.6 is 15.9 Å². The number of carbonyl (C=O) groups is 1. The van der Waals surface area contributed by atoms with Gasteiger partial charge >= 0.3 is 0 Å². The summed E-state index contributed by atoms with van der Waals surface area (Å²) in [6.45, 7) is 0.406. The Morgan fingerprint density at radius 2 is 2.00 bits per heavy atom. The molecular formula is C16H13BrF4N4O2.